The van der Waals surface area contributed by atoms with Gasteiger partial charge in [-0.25, -0.2) is 18.6 Å². The lowest BCUT2D eigenvalue weighted by atomic mass is 9.87. The second-order valence-electron chi connectivity index (χ2n) is 9.69. The van der Waals surface area contributed by atoms with Crippen LogP contribution in [0.15, 0.2) is 41.5 Å². The topological polar surface area (TPSA) is 193 Å². The summed E-state index contributed by atoms with van der Waals surface area (Å²) in [7, 11) is 0. The van der Waals surface area contributed by atoms with Gasteiger partial charge in [0.25, 0.3) is 0 Å². The van der Waals surface area contributed by atoms with Crippen LogP contribution in [0.5, 0.6) is 5.75 Å². The molecular formula is C26H22F7N7O6. The fraction of sp³-hybridized carbons (Fsp3) is 0.308. The Morgan fingerprint density at radius 3 is 2.43 bits per heavy atom. The second-order valence-corrected chi connectivity index (χ2v) is 9.69. The summed E-state index contributed by atoms with van der Waals surface area (Å²) in [6.07, 6.45) is -6.94. The standard InChI is InChI=1S/C26H22F7N7O6/c27-12-7-36-25(37-8-12)39-16-3-11(21(34)42)4-17-14(16)9-38-40(17)20(22(35)43)13(6-19(41)46-23(44)26(31,32)33)10-1-2-15(28)18(5-10)45-24(29)30/h1-5,9,12-13,20,24H,6-8H2,(H2,34,42)(H2,35,43)(H2,36,37,39)/t13-,20?/m0/s1. The van der Waals surface area contributed by atoms with Crippen molar-refractivity contribution in [3.63, 3.8) is 0 Å². The number of nitrogens with zero attached hydrogens (tertiary/aromatic N) is 3. The highest BCUT2D eigenvalue weighted by Gasteiger charge is 2.43. The summed E-state index contributed by atoms with van der Waals surface area (Å²) in [6, 6.07) is 2.67. The molecule has 1 aliphatic rings. The van der Waals surface area contributed by atoms with Crippen LogP contribution in [0.1, 0.15) is 34.3 Å². The monoisotopic (exact) mass is 661 g/mol. The largest absolute Gasteiger partial charge is 0.491 e. The molecule has 0 saturated carbocycles. The summed E-state index contributed by atoms with van der Waals surface area (Å²) in [5.74, 6) is -11.1. The molecule has 3 aromatic rings. The Balaban J connectivity index is 1.87. The third-order valence-electron chi connectivity index (χ3n) is 6.55. The Morgan fingerprint density at radius 2 is 1.85 bits per heavy atom. The van der Waals surface area contributed by atoms with E-state index in [9.17, 15) is 49.9 Å². The Labute approximate surface area is 252 Å². The van der Waals surface area contributed by atoms with Crippen molar-refractivity contribution in [2.75, 3.05) is 18.4 Å². The van der Waals surface area contributed by atoms with Crippen LogP contribution in [0, 0.1) is 5.82 Å². The van der Waals surface area contributed by atoms with Gasteiger partial charge in [-0.1, -0.05) is 6.07 Å². The van der Waals surface area contributed by atoms with Gasteiger partial charge in [-0.2, -0.15) is 27.1 Å². The highest BCUT2D eigenvalue weighted by molar-refractivity contribution is 6.07. The lowest BCUT2D eigenvalue weighted by Crippen LogP contribution is -2.41. The van der Waals surface area contributed by atoms with Crippen molar-refractivity contribution < 1.29 is 59.4 Å². The maximum atomic E-state index is 14.3. The average Bonchev–Trinajstić information content (AvgIpc) is 3.38. The Bertz CT molecular complexity index is 1710. The number of hydrogen-bond acceptors (Lipinski definition) is 10. The van der Waals surface area contributed by atoms with Crippen LogP contribution >= 0.6 is 0 Å². The van der Waals surface area contributed by atoms with Gasteiger partial charge >= 0.3 is 24.7 Å². The van der Waals surface area contributed by atoms with Gasteiger partial charge in [-0.15, -0.1) is 0 Å². The number of nitrogens with one attached hydrogen (secondary N) is 2. The van der Waals surface area contributed by atoms with Crippen LogP contribution in [0.25, 0.3) is 10.9 Å². The summed E-state index contributed by atoms with van der Waals surface area (Å²) >= 11 is 0. The maximum Gasteiger partial charge on any atom is 0.491 e. The number of hydrogen-bond donors (Lipinski definition) is 4. The summed E-state index contributed by atoms with van der Waals surface area (Å²) < 4.78 is 101. The lowest BCUT2D eigenvalue weighted by molar-refractivity contribution is -0.202. The number of nitrogens with two attached hydrogens (primary N) is 2. The summed E-state index contributed by atoms with van der Waals surface area (Å²) in [6.45, 7) is -3.82. The molecule has 2 amide bonds. The van der Waals surface area contributed by atoms with E-state index in [1.54, 1.807) is 0 Å². The second kappa shape index (κ2) is 13.3. The number of carbonyl (C=O) groups is 4. The number of rotatable bonds is 10. The molecule has 2 heterocycles. The summed E-state index contributed by atoms with van der Waals surface area (Å²) in [5, 5.41) is 9.77. The van der Waals surface area contributed by atoms with Crippen molar-refractivity contribution in [1.29, 1.82) is 0 Å². The zero-order chi connectivity index (χ0) is 33.9. The van der Waals surface area contributed by atoms with Crippen molar-refractivity contribution in [1.82, 2.24) is 15.1 Å². The highest BCUT2D eigenvalue weighted by Crippen LogP contribution is 2.38. The first-order valence-corrected chi connectivity index (χ1v) is 12.9. The molecule has 0 fully saturated rings. The number of esters is 2. The smallest absolute Gasteiger partial charge is 0.432 e. The van der Waals surface area contributed by atoms with E-state index in [1.165, 1.54) is 6.07 Å². The van der Waals surface area contributed by atoms with Crippen molar-refractivity contribution in [2.45, 2.75) is 37.3 Å². The van der Waals surface area contributed by atoms with Crippen LogP contribution in [0.2, 0.25) is 0 Å². The fourth-order valence-corrected chi connectivity index (χ4v) is 4.56. The number of aromatic nitrogens is 2. The minimum atomic E-state index is -5.59. The number of carbonyl (C=O) groups excluding carboxylic acids is 4. The molecular weight excluding hydrogens is 639 g/mol. The number of ether oxygens (including phenoxy) is 2. The Kier molecular flexibility index (Phi) is 9.66. The van der Waals surface area contributed by atoms with Crippen molar-refractivity contribution >= 4 is 46.3 Å². The van der Waals surface area contributed by atoms with E-state index in [1.807, 2.05) is 0 Å². The molecule has 2 aromatic carbocycles. The van der Waals surface area contributed by atoms with Gasteiger partial charge < -0.3 is 31.6 Å². The van der Waals surface area contributed by atoms with Crippen molar-refractivity contribution in [2.24, 2.45) is 16.5 Å². The van der Waals surface area contributed by atoms with Crippen LogP contribution in [-0.4, -0.2) is 71.5 Å². The third-order valence-corrected chi connectivity index (χ3v) is 6.55. The fourth-order valence-electron chi connectivity index (χ4n) is 4.56. The number of primary amides is 2. The zero-order valence-electron chi connectivity index (χ0n) is 23.0. The van der Waals surface area contributed by atoms with Crippen molar-refractivity contribution in [3.8, 4) is 5.75 Å². The van der Waals surface area contributed by atoms with Gasteiger partial charge in [-0.3, -0.25) is 19.1 Å². The first kappa shape index (κ1) is 33.5. The zero-order valence-corrected chi connectivity index (χ0v) is 23.0. The SMILES string of the molecule is NC(=O)c1cc(NC2=NCC(F)CN2)c2cnn(C(C(N)=O)[C@@H](CC(=O)OC(=O)C(F)(F)F)c3ccc(F)c(OC(F)F)c3)c2c1. The molecule has 3 atom stereocenters. The van der Waals surface area contributed by atoms with Crippen molar-refractivity contribution in [3.05, 3.63) is 53.5 Å². The van der Waals surface area contributed by atoms with Gasteiger partial charge in [-0.05, 0) is 29.8 Å². The van der Waals surface area contributed by atoms with E-state index in [0.29, 0.717) is 12.1 Å². The number of amides is 2. The molecule has 1 aromatic heterocycles. The molecule has 20 heteroatoms. The summed E-state index contributed by atoms with van der Waals surface area (Å²) in [5.41, 5.74) is 10.6. The number of guanidine groups is 1. The Morgan fingerprint density at radius 1 is 1.13 bits per heavy atom. The van der Waals surface area contributed by atoms with E-state index in [4.69, 9.17) is 11.5 Å². The number of benzene rings is 2. The van der Waals surface area contributed by atoms with E-state index < -0.39 is 72.7 Å². The first-order chi connectivity index (χ1) is 21.5. The van der Waals surface area contributed by atoms with Gasteiger partial charge in [0.1, 0.15) is 12.2 Å². The molecule has 1 aliphatic heterocycles. The molecule has 4 rings (SSSR count). The number of fused-ring (bicyclic) bond motifs is 1. The van der Waals surface area contributed by atoms with Crippen LogP contribution in [0.4, 0.5) is 36.4 Å². The molecule has 0 radical (unpaired) electrons. The predicted molar refractivity (Wildman–Crippen MR) is 143 cm³/mol. The van der Waals surface area contributed by atoms with Gasteiger partial charge in [0.15, 0.2) is 17.5 Å². The van der Waals surface area contributed by atoms with Gasteiger partial charge in [0.2, 0.25) is 11.8 Å². The molecule has 46 heavy (non-hydrogen) atoms. The molecule has 2 unspecified atom stereocenters. The maximum absolute atomic E-state index is 14.3. The molecule has 246 valence electrons. The molecule has 13 nitrogen and oxygen atoms in total. The summed E-state index contributed by atoms with van der Waals surface area (Å²) in [4.78, 5) is 53.0. The van der Waals surface area contributed by atoms with Crippen LogP contribution < -0.4 is 26.8 Å². The number of aliphatic imine (C=N–C) groups is 1. The predicted octanol–water partition coefficient (Wildman–Crippen LogP) is 2.42. The molecule has 0 saturated heterocycles. The first-order valence-electron chi connectivity index (χ1n) is 12.9. The highest BCUT2D eigenvalue weighted by atomic mass is 19.4. The van der Waals surface area contributed by atoms with Crippen LogP contribution in [-0.2, 0) is 19.1 Å². The number of halogens is 7. The molecule has 0 spiro atoms. The minimum Gasteiger partial charge on any atom is -0.432 e. The molecule has 0 aliphatic carbocycles. The average molecular weight is 661 g/mol. The van der Waals surface area contributed by atoms with Gasteiger partial charge in [0.05, 0.1) is 36.9 Å². The van der Waals surface area contributed by atoms with E-state index in [0.717, 1.165) is 23.0 Å². The normalized spacial score (nSPS) is 16.3. The lowest BCUT2D eigenvalue weighted by Gasteiger charge is -2.26. The molecule has 0 bridgehead atoms. The van der Waals surface area contributed by atoms with E-state index in [-0.39, 0.29) is 46.8 Å². The molecule has 6 N–H and O–H groups in total. The Hall–Kier alpha value is -5.43. The van der Waals surface area contributed by atoms with E-state index >= 15 is 0 Å². The number of anilines is 1. The van der Waals surface area contributed by atoms with Crippen LogP contribution in [0.3, 0.4) is 0 Å². The van der Waals surface area contributed by atoms with Gasteiger partial charge in [0, 0.05) is 16.9 Å². The third kappa shape index (κ3) is 7.61. The number of alkyl halides is 6. The minimum absolute atomic E-state index is 0.0849. The quantitative estimate of drug-likeness (QED) is 0.144. The van der Waals surface area contributed by atoms with E-state index in [2.05, 4.69) is 30.2 Å².